The van der Waals surface area contributed by atoms with Crippen LogP contribution < -0.4 is 14.8 Å². The van der Waals surface area contributed by atoms with Gasteiger partial charge in [-0.1, -0.05) is 12.1 Å². The fourth-order valence-corrected chi connectivity index (χ4v) is 4.34. The minimum Gasteiger partial charge on any atom is -0.493 e. The molecule has 0 radical (unpaired) electrons. The standard InChI is InChI=1S/C27H27N5O4/c1-17-29-24(20-7-5-6-14-31(17)20)25-26(32-16-19(27(33)36-4)9-11-23(32)30-25)28-13-12-18-8-10-21(34-2)22(15-18)35-3/h5-11,14-16,28H,12-13H2,1-4H3. The van der Waals surface area contributed by atoms with Gasteiger partial charge in [-0.25, -0.2) is 14.8 Å². The number of imidazole rings is 2. The summed E-state index contributed by atoms with van der Waals surface area (Å²) in [6.07, 6.45) is 4.45. The number of anilines is 1. The van der Waals surface area contributed by atoms with Crippen LogP contribution in [0, 0.1) is 6.92 Å². The van der Waals surface area contributed by atoms with E-state index in [0.717, 1.165) is 34.8 Å². The number of fused-ring (bicyclic) bond motifs is 2. The lowest BCUT2D eigenvalue weighted by atomic mass is 10.1. The van der Waals surface area contributed by atoms with E-state index in [1.54, 1.807) is 32.5 Å². The van der Waals surface area contributed by atoms with Crippen molar-refractivity contribution in [3.63, 3.8) is 0 Å². The second-order valence-corrected chi connectivity index (χ2v) is 8.28. The van der Waals surface area contributed by atoms with Crippen LogP contribution in [0.5, 0.6) is 11.5 Å². The number of nitrogens with zero attached hydrogens (tertiary/aromatic N) is 4. The third-order valence-corrected chi connectivity index (χ3v) is 6.14. The summed E-state index contributed by atoms with van der Waals surface area (Å²) in [5.74, 6) is 2.58. The Bertz CT molecular complexity index is 1570. The predicted molar refractivity (Wildman–Crippen MR) is 137 cm³/mol. The molecule has 36 heavy (non-hydrogen) atoms. The zero-order chi connectivity index (χ0) is 25.2. The van der Waals surface area contributed by atoms with Gasteiger partial charge in [0, 0.05) is 18.9 Å². The first-order valence-corrected chi connectivity index (χ1v) is 11.5. The molecular weight excluding hydrogens is 458 g/mol. The molecule has 9 heteroatoms. The summed E-state index contributed by atoms with van der Waals surface area (Å²) >= 11 is 0. The largest absolute Gasteiger partial charge is 0.493 e. The molecule has 0 unspecified atom stereocenters. The molecule has 0 saturated carbocycles. The maximum Gasteiger partial charge on any atom is 0.339 e. The van der Waals surface area contributed by atoms with Gasteiger partial charge in [-0.3, -0.25) is 4.40 Å². The Morgan fingerprint density at radius 3 is 2.56 bits per heavy atom. The van der Waals surface area contributed by atoms with E-state index in [-0.39, 0.29) is 0 Å². The fraction of sp³-hybridized carbons (Fsp3) is 0.222. The number of pyridine rings is 2. The number of hydrogen-bond donors (Lipinski definition) is 1. The fourth-order valence-electron chi connectivity index (χ4n) is 4.34. The molecule has 0 aliphatic rings. The molecule has 4 heterocycles. The Balaban J connectivity index is 1.55. The number of hydrogen-bond acceptors (Lipinski definition) is 7. The molecule has 1 aromatic carbocycles. The number of esters is 1. The van der Waals surface area contributed by atoms with Crippen LogP contribution in [0.25, 0.3) is 22.6 Å². The molecule has 0 aliphatic heterocycles. The predicted octanol–water partition coefficient (Wildman–Crippen LogP) is 4.42. The van der Waals surface area contributed by atoms with E-state index in [2.05, 4.69) is 5.32 Å². The number of carbonyl (C=O) groups excluding carboxylic acids is 1. The summed E-state index contributed by atoms with van der Waals surface area (Å²) < 4.78 is 19.6. The second kappa shape index (κ2) is 9.61. The number of methoxy groups -OCH3 is 3. The van der Waals surface area contributed by atoms with Gasteiger partial charge < -0.3 is 23.9 Å². The SMILES string of the molecule is COC(=O)c1ccc2nc(-c3nc(C)n4ccccc34)c(NCCc3ccc(OC)c(OC)c3)n2c1. The Kier molecular flexibility index (Phi) is 6.20. The number of rotatable bonds is 8. The van der Waals surface area contributed by atoms with Crippen LogP contribution in [-0.2, 0) is 11.2 Å². The molecule has 4 aromatic heterocycles. The number of benzene rings is 1. The summed E-state index contributed by atoms with van der Waals surface area (Å²) in [7, 11) is 4.62. The van der Waals surface area contributed by atoms with Crippen molar-refractivity contribution in [2.75, 3.05) is 33.2 Å². The average Bonchev–Trinajstić information content (AvgIpc) is 3.45. The van der Waals surface area contributed by atoms with Gasteiger partial charge in [0.15, 0.2) is 11.5 Å². The first-order chi connectivity index (χ1) is 17.5. The van der Waals surface area contributed by atoms with Gasteiger partial charge in [-0.2, -0.15) is 0 Å². The highest BCUT2D eigenvalue weighted by molar-refractivity contribution is 5.90. The van der Waals surface area contributed by atoms with Crippen molar-refractivity contribution in [1.82, 2.24) is 18.8 Å². The van der Waals surface area contributed by atoms with Gasteiger partial charge >= 0.3 is 5.97 Å². The summed E-state index contributed by atoms with van der Waals surface area (Å²) in [5.41, 5.74) is 4.65. The van der Waals surface area contributed by atoms with Gasteiger partial charge in [-0.05, 0) is 55.3 Å². The van der Waals surface area contributed by atoms with Crippen molar-refractivity contribution in [3.05, 3.63) is 77.9 Å². The van der Waals surface area contributed by atoms with E-state index >= 15 is 0 Å². The third kappa shape index (κ3) is 4.08. The van der Waals surface area contributed by atoms with Crippen LogP contribution >= 0.6 is 0 Å². The first kappa shape index (κ1) is 23.2. The molecule has 0 bridgehead atoms. The van der Waals surface area contributed by atoms with Crippen molar-refractivity contribution in [2.24, 2.45) is 0 Å². The first-order valence-electron chi connectivity index (χ1n) is 11.5. The van der Waals surface area contributed by atoms with E-state index in [0.29, 0.717) is 34.9 Å². The van der Waals surface area contributed by atoms with Crippen LogP contribution in [0.3, 0.4) is 0 Å². The summed E-state index contributed by atoms with van der Waals surface area (Å²) in [6, 6.07) is 15.4. The lowest BCUT2D eigenvalue weighted by molar-refractivity contribution is 0.0600. The van der Waals surface area contributed by atoms with Crippen molar-refractivity contribution in [3.8, 4) is 22.9 Å². The van der Waals surface area contributed by atoms with Crippen molar-refractivity contribution >= 4 is 23.0 Å². The Hall–Kier alpha value is -4.53. The van der Waals surface area contributed by atoms with Gasteiger partial charge in [0.1, 0.15) is 28.7 Å². The highest BCUT2D eigenvalue weighted by atomic mass is 16.5. The third-order valence-electron chi connectivity index (χ3n) is 6.14. The lowest BCUT2D eigenvalue weighted by Gasteiger charge is -2.11. The van der Waals surface area contributed by atoms with Crippen molar-refractivity contribution < 1.29 is 19.0 Å². The maximum atomic E-state index is 12.2. The molecule has 1 N–H and O–H groups in total. The molecule has 5 rings (SSSR count). The van der Waals surface area contributed by atoms with Crippen molar-refractivity contribution in [1.29, 1.82) is 0 Å². The highest BCUT2D eigenvalue weighted by Crippen LogP contribution is 2.32. The minimum atomic E-state index is -0.410. The molecule has 0 spiro atoms. The zero-order valence-electron chi connectivity index (χ0n) is 20.6. The van der Waals surface area contributed by atoms with E-state index in [1.165, 1.54) is 7.11 Å². The number of aromatic nitrogens is 4. The van der Waals surface area contributed by atoms with E-state index in [9.17, 15) is 4.79 Å². The number of aryl methyl sites for hydroxylation is 1. The van der Waals surface area contributed by atoms with E-state index < -0.39 is 5.97 Å². The average molecular weight is 486 g/mol. The van der Waals surface area contributed by atoms with Crippen LogP contribution in [0.4, 0.5) is 5.82 Å². The molecule has 0 saturated heterocycles. The smallest absolute Gasteiger partial charge is 0.339 e. The molecule has 184 valence electrons. The molecule has 0 amide bonds. The Morgan fingerprint density at radius 2 is 1.78 bits per heavy atom. The zero-order valence-corrected chi connectivity index (χ0v) is 20.6. The Morgan fingerprint density at radius 1 is 0.944 bits per heavy atom. The molecule has 5 aromatic rings. The number of nitrogens with one attached hydrogen (secondary N) is 1. The molecule has 9 nitrogen and oxygen atoms in total. The monoisotopic (exact) mass is 485 g/mol. The van der Waals surface area contributed by atoms with Crippen LogP contribution in [0.15, 0.2) is 60.9 Å². The summed E-state index contributed by atoms with van der Waals surface area (Å²) in [6.45, 7) is 2.58. The normalized spacial score (nSPS) is 11.1. The molecule has 0 atom stereocenters. The van der Waals surface area contributed by atoms with Gasteiger partial charge in [0.05, 0.1) is 32.4 Å². The summed E-state index contributed by atoms with van der Waals surface area (Å²) in [4.78, 5) is 21.9. The minimum absolute atomic E-state index is 0.410. The molecule has 0 aliphatic carbocycles. The number of carbonyl (C=O) groups is 1. The van der Waals surface area contributed by atoms with E-state index in [1.807, 2.05) is 58.3 Å². The summed E-state index contributed by atoms with van der Waals surface area (Å²) in [5, 5.41) is 3.53. The molecular formula is C27H27N5O4. The number of ether oxygens (including phenoxy) is 3. The topological polar surface area (TPSA) is 91.4 Å². The second-order valence-electron chi connectivity index (χ2n) is 8.28. The maximum absolute atomic E-state index is 12.2. The van der Waals surface area contributed by atoms with Crippen molar-refractivity contribution in [2.45, 2.75) is 13.3 Å². The highest BCUT2D eigenvalue weighted by Gasteiger charge is 2.21. The van der Waals surface area contributed by atoms with Gasteiger partial charge in [-0.15, -0.1) is 0 Å². The van der Waals surface area contributed by atoms with Crippen LogP contribution in [0.2, 0.25) is 0 Å². The van der Waals surface area contributed by atoms with Gasteiger partial charge in [0.25, 0.3) is 0 Å². The lowest BCUT2D eigenvalue weighted by Crippen LogP contribution is -2.09. The quantitative estimate of drug-likeness (QED) is 0.326. The van der Waals surface area contributed by atoms with Crippen LogP contribution in [0.1, 0.15) is 21.7 Å². The molecule has 0 fully saturated rings. The Labute approximate surface area is 208 Å². The van der Waals surface area contributed by atoms with E-state index in [4.69, 9.17) is 24.2 Å². The van der Waals surface area contributed by atoms with Gasteiger partial charge in [0.2, 0.25) is 0 Å². The van der Waals surface area contributed by atoms with Crippen LogP contribution in [-0.4, -0.2) is 52.6 Å².